The molecule has 0 radical (unpaired) electrons. The molecular formula is C16H31NO6. The predicted molar refractivity (Wildman–Crippen MR) is 85.9 cm³/mol. The lowest BCUT2D eigenvalue weighted by Crippen LogP contribution is -2.31. The zero-order chi connectivity index (χ0) is 17.5. The molecule has 0 aliphatic rings. The van der Waals surface area contributed by atoms with Crippen LogP contribution in [0.1, 0.15) is 46.0 Å². The molecule has 7 heteroatoms. The van der Waals surface area contributed by atoms with Crippen LogP contribution in [0.2, 0.25) is 0 Å². The van der Waals surface area contributed by atoms with E-state index in [1.54, 1.807) is 7.11 Å². The fraction of sp³-hybridized carbons (Fsp3) is 0.875. The van der Waals surface area contributed by atoms with Gasteiger partial charge in [-0.2, -0.15) is 0 Å². The summed E-state index contributed by atoms with van der Waals surface area (Å²) in [5, 5.41) is 2.75. The highest BCUT2D eigenvalue weighted by molar-refractivity contribution is 5.81. The van der Waals surface area contributed by atoms with Gasteiger partial charge in [-0.3, -0.25) is 9.59 Å². The van der Waals surface area contributed by atoms with Crippen molar-refractivity contribution in [2.45, 2.75) is 58.3 Å². The van der Waals surface area contributed by atoms with Crippen LogP contribution in [-0.4, -0.2) is 58.2 Å². The summed E-state index contributed by atoms with van der Waals surface area (Å²) in [5.74, 6) is -0.581. The second-order valence-electron chi connectivity index (χ2n) is 5.17. The van der Waals surface area contributed by atoms with Crippen LogP contribution in [0.15, 0.2) is 0 Å². The summed E-state index contributed by atoms with van der Waals surface area (Å²) in [6.07, 6.45) is 2.13. The Morgan fingerprint density at radius 1 is 1.09 bits per heavy atom. The van der Waals surface area contributed by atoms with Crippen molar-refractivity contribution >= 4 is 11.9 Å². The van der Waals surface area contributed by atoms with Crippen molar-refractivity contribution in [2.24, 2.45) is 0 Å². The number of carbonyl (C=O) groups excluding carboxylic acids is 2. The highest BCUT2D eigenvalue weighted by Gasteiger charge is 2.17. The summed E-state index contributed by atoms with van der Waals surface area (Å²) < 4.78 is 20.9. The Kier molecular flexibility index (Phi) is 13.7. The molecule has 1 N–H and O–H groups in total. The van der Waals surface area contributed by atoms with Crippen LogP contribution in [0.3, 0.4) is 0 Å². The zero-order valence-electron chi connectivity index (χ0n) is 14.8. The van der Waals surface area contributed by atoms with Gasteiger partial charge in [0.15, 0.2) is 6.29 Å². The van der Waals surface area contributed by atoms with Gasteiger partial charge in [-0.1, -0.05) is 20.3 Å². The van der Waals surface area contributed by atoms with Crippen molar-refractivity contribution in [3.05, 3.63) is 0 Å². The van der Waals surface area contributed by atoms with Gasteiger partial charge in [0.05, 0.1) is 19.1 Å². The predicted octanol–water partition coefficient (Wildman–Crippen LogP) is 1.64. The number of esters is 1. The average Bonchev–Trinajstić information content (AvgIpc) is 2.55. The largest absolute Gasteiger partial charge is 0.460 e. The lowest BCUT2D eigenvalue weighted by molar-refractivity contribution is -0.196. The van der Waals surface area contributed by atoms with Crippen molar-refractivity contribution in [1.82, 2.24) is 5.32 Å². The first-order valence-corrected chi connectivity index (χ1v) is 8.16. The zero-order valence-corrected chi connectivity index (χ0v) is 14.8. The number of ether oxygens (including phenoxy) is 4. The molecule has 7 nitrogen and oxygen atoms in total. The number of rotatable bonds is 14. The van der Waals surface area contributed by atoms with E-state index in [1.807, 2.05) is 13.8 Å². The van der Waals surface area contributed by atoms with Gasteiger partial charge < -0.3 is 24.3 Å². The average molecular weight is 333 g/mol. The minimum absolute atomic E-state index is 0.00694. The molecule has 0 saturated carbocycles. The fourth-order valence-electron chi connectivity index (χ4n) is 1.76. The van der Waals surface area contributed by atoms with Gasteiger partial charge in [0.25, 0.3) is 0 Å². The van der Waals surface area contributed by atoms with Crippen LogP contribution in [0.5, 0.6) is 0 Å². The third-order valence-corrected chi connectivity index (χ3v) is 3.20. The summed E-state index contributed by atoms with van der Waals surface area (Å²) in [6.45, 7) is 5.10. The SMILES string of the molecule is CCCCNC(=O)CCC(=O)OCC(OC)OC(CC)COC. The van der Waals surface area contributed by atoms with Crippen molar-refractivity contribution in [2.75, 3.05) is 34.0 Å². The molecule has 0 aliphatic heterocycles. The number of methoxy groups -OCH3 is 2. The second-order valence-corrected chi connectivity index (χ2v) is 5.17. The molecule has 0 saturated heterocycles. The first-order chi connectivity index (χ1) is 11.1. The monoisotopic (exact) mass is 333 g/mol. The lowest BCUT2D eigenvalue weighted by atomic mass is 10.3. The quantitative estimate of drug-likeness (QED) is 0.296. The molecule has 2 unspecified atom stereocenters. The molecule has 0 aromatic rings. The maximum atomic E-state index is 11.6. The van der Waals surface area contributed by atoms with E-state index in [9.17, 15) is 9.59 Å². The highest BCUT2D eigenvalue weighted by Crippen LogP contribution is 2.06. The van der Waals surface area contributed by atoms with Crippen LogP contribution < -0.4 is 5.32 Å². The van der Waals surface area contributed by atoms with E-state index in [1.165, 1.54) is 7.11 Å². The fourth-order valence-corrected chi connectivity index (χ4v) is 1.76. The Labute approximate surface area is 139 Å². The van der Waals surface area contributed by atoms with Gasteiger partial charge >= 0.3 is 5.97 Å². The van der Waals surface area contributed by atoms with E-state index >= 15 is 0 Å². The molecule has 136 valence electrons. The minimum Gasteiger partial charge on any atom is -0.460 e. The van der Waals surface area contributed by atoms with Crippen LogP contribution in [0, 0.1) is 0 Å². The van der Waals surface area contributed by atoms with Gasteiger partial charge in [-0.25, -0.2) is 0 Å². The lowest BCUT2D eigenvalue weighted by Gasteiger charge is -2.22. The van der Waals surface area contributed by atoms with Gasteiger partial charge in [0.2, 0.25) is 5.91 Å². The van der Waals surface area contributed by atoms with Crippen molar-refractivity contribution < 1.29 is 28.5 Å². The Morgan fingerprint density at radius 2 is 1.83 bits per heavy atom. The molecule has 0 heterocycles. The van der Waals surface area contributed by atoms with Crippen LogP contribution in [0.25, 0.3) is 0 Å². The van der Waals surface area contributed by atoms with Crippen LogP contribution in [-0.2, 0) is 28.5 Å². The Bertz CT molecular complexity index is 324. The van der Waals surface area contributed by atoms with E-state index < -0.39 is 12.3 Å². The number of unbranched alkanes of at least 4 members (excludes halogenated alkanes) is 1. The Hall–Kier alpha value is -1.18. The second kappa shape index (κ2) is 14.4. The van der Waals surface area contributed by atoms with E-state index in [0.717, 1.165) is 19.3 Å². The summed E-state index contributed by atoms with van der Waals surface area (Å²) in [6, 6.07) is 0. The molecule has 0 bridgehead atoms. The molecular weight excluding hydrogens is 302 g/mol. The third-order valence-electron chi connectivity index (χ3n) is 3.20. The van der Waals surface area contributed by atoms with Gasteiger partial charge in [0.1, 0.15) is 6.61 Å². The maximum absolute atomic E-state index is 11.6. The topological polar surface area (TPSA) is 83.1 Å². The molecule has 0 spiro atoms. The summed E-state index contributed by atoms with van der Waals surface area (Å²) in [7, 11) is 3.08. The minimum atomic E-state index is -0.641. The number of hydrogen-bond acceptors (Lipinski definition) is 6. The van der Waals surface area contributed by atoms with Crippen LogP contribution in [0.4, 0.5) is 0 Å². The molecule has 0 aromatic heterocycles. The van der Waals surface area contributed by atoms with Gasteiger partial charge in [-0.15, -0.1) is 0 Å². The number of nitrogens with one attached hydrogen (secondary N) is 1. The number of amides is 1. The molecule has 0 aliphatic carbocycles. The van der Waals surface area contributed by atoms with Gasteiger partial charge in [0, 0.05) is 27.2 Å². The first kappa shape index (κ1) is 21.8. The molecule has 0 rings (SSSR count). The molecule has 1 amide bonds. The summed E-state index contributed by atoms with van der Waals surface area (Å²) in [5.41, 5.74) is 0. The smallest absolute Gasteiger partial charge is 0.306 e. The van der Waals surface area contributed by atoms with E-state index in [2.05, 4.69) is 5.32 Å². The van der Waals surface area contributed by atoms with E-state index in [4.69, 9.17) is 18.9 Å². The van der Waals surface area contributed by atoms with Crippen LogP contribution >= 0.6 is 0 Å². The molecule has 0 aromatic carbocycles. The molecule has 23 heavy (non-hydrogen) atoms. The third kappa shape index (κ3) is 12.0. The van der Waals surface area contributed by atoms with Crippen molar-refractivity contribution in [3.8, 4) is 0 Å². The van der Waals surface area contributed by atoms with E-state index in [-0.39, 0.29) is 31.5 Å². The normalized spacial score (nSPS) is 13.4. The Morgan fingerprint density at radius 3 is 2.39 bits per heavy atom. The number of hydrogen-bond donors (Lipinski definition) is 1. The van der Waals surface area contributed by atoms with E-state index in [0.29, 0.717) is 13.2 Å². The first-order valence-electron chi connectivity index (χ1n) is 8.16. The van der Waals surface area contributed by atoms with Crippen molar-refractivity contribution in [3.63, 3.8) is 0 Å². The molecule has 0 fully saturated rings. The molecule has 2 atom stereocenters. The number of carbonyl (C=O) groups is 2. The standard InChI is InChI=1S/C16H31NO6/c1-5-7-10-17-14(18)8-9-15(19)22-12-16(21-4)23-13(6-2)11-20-3/h13,16H,5-12H2,1-4H3,(H,17,18). The summed E-state index contributed by atoms with van der Waals surface area (Å²) in [4.78, 5) is 23.1. The maximum Gasteiger partial charge on any atom is 0.306 e. The highest BCUT2D eigenvalue weighted by atomic mass is 16.7. The van der Waals surface area contributed by atoms with Crippen molar-refractivity contribution in [1.29, 1.82) is 0 Å². The summed E-state index contributed by atoms with van der Waals surface area (Å²) >= 11 is 0. The van der Waals surface area contributed by atoms with Gasteiger partial charge in [-0.05, 0) is 12.8 Å². The Balaban J connectivity index is 3.93.